The molecule has 5 nitrogen and oxygen atoms in total. The van der Waals surface area contributed by atoms with Gasteiger partial charge in [-0.05, 0) is 68.1 Å². The Bertz CT molecular complexity index is 817. The van der Waals surface area contributed by atoms with E-state index in [9.17, 15) is 4.39 Å². The second kappa shape index (κ2) is 8.20. The summed E-state index contributed by atoms with van der Waals surface area (Å²) in [5, 5.41) is 4.82. The van der Waals surface area contributed by atoms with E-state index in [0.717, 1.165) is 49.8 Å². The molecule has 2 saturated heterocycles. The van der Waals surface area contributed by atoms with Crippen LogP contribution in [-0.4, -0.2) is 45.0 Å². The van der Waals surface area contributed by atoms with Crippen LogP contribution in [0.2, 0.25) is 0 Å². The maximum Gasteiger partial charge on any atom is 0.199 e. The van der Waals surface area contributed by atoms with Gasteiger partial charge in [0.25, 0.3) is 0 Å². The largest absolute Gasteiger partial charge is 0.376 e. The molecule has 0 bridgehead atoms. The second-order valence-corrected chi connectivity index (χ2v) is 8.17. The summed E-state index contributed by atoms with van der Waals surface area (Å²) in [5.41, 5.74) is 0.881. The Labute approximate surface area is 164 Å². The number of hydrogen-bond donors (Lipinski definition) is 0. The van der Waals surface area contributed by atoms with Gasteiger partial charge in [0.05, 0.1) is 19.3 Å². The molecule has 0 N–H and O–H groups in total. The van der Waals surface area contributed by atoms with E-state index in [1.54, 1.807) is 12.1 Å². The molecule has 0 spiro atoms. The normalized spacial score (nSPS) is 21.8. The lowest BCUT2D eigenvalue weighted by Crippen LogP contribution is -2.34. The van der Waals surface area contributed by atoms with Crippen LogP contribution in [0.5, 0.6) is 0 Å². The molecule has 2 aliphatic rings. The Kier molecular flexibility index (Phi) is 5.71. The number of nitrogens with zero attached hydrogens (tertiary/aromatic N) is 4. The summed E-state index contributed by atoms with van der Waals surface area (Å²) in [6.45, 7) is 6.68. The van der Waals surface area contributed by atoms with Crippen molar-refractivity contribution in [3.63, 3.8) is 0 Å². The lowest BCUT2D eigenvalue weighted by molar-refractivity contribution is 0.0964. The first kappa shape index (κ1) is 18.8. The van der Waals surface area contributed by atoms with Crippen LogP contribution < -0.4 is 0 Å². The van der Waals surface area contributed by atoms with E-state index >= 15 is 0 Å². The molecule has 0 amide bonds. The Hall–Kier alpha value is -1.57. The molecule has 4 rings (SSSR count). The first-order chi connectivity index (χ1) is 13.1. The zero-order valence-electron chi connectivity index (χ0n) is 15.8. The van der Waals surface area contributed by atoms with Gasteiger partial charge in [0, 0.05) is 25.3 Å². The fourth-order valence-electron chi connectivity index (χ4n) is 3.90. The predicted molar refractivity (Wildman–Crippen MR) is 105 cm³/mol. The highest BCUT2D eigenvalue weighted by atomic mass is 32.1. The Morgan fingerprint density at radius 3 is 2.59 bits per heavy atom. The SMILES string of the molecule is CC1CCN(Cn2nc(-c3ccc(F)cc3)n(CC3CCCO3)c2=S)CC1. The minimum atomic E-state index is -0.245. The van der Waals surface area contributed by atoms with E-state index in [1.807, 2.05) is 4.68 Å². The van der Waals surface area contributed by atoms with Crippen molar-refractivity contribution in [3.8, 4) is 11.4 Å². The van der Waals surface area contributed by atoms with Gasteiger partial charge in [-0.3, -0.25) is 9.47 Å². The van der Waals surface area contributed by atoms with Crippen molar-refractivity contribution in [3.05, 3.63) is 34.9 Å². The number of piperidine rings is 1. The Morgan fingerprint density at radius 2 is 1.93 bits per heavy atom. The smallest absolute Gasteiger partial charge is 0.199 e. The van der Waals surface area contributed by atoms with Gasteiger partial charge in [0.1, 0.15) is 5.82 Å². The van der Waals surface area contributed by atoms with Gasteiger partial charge in [-0.15, -0.1) is 0 Å². The highest BCUT2D eigenvalue weighted by Gasteiger charge is 2.22. The molecule has 0 radical (unpaired) electrons. The lowest BCUT2D eigenvalue weighted by Gasteiger charge is -2.29. The van der Waals surface area contributed by atoms with Gasteiger partial charge in [-0.2, -0.15) is 5.10 Å². The number of aromatic nitrogens is 3. The van der Waals surface area contributed by atoms with Gasteiger partial charge >= 0.3 is 0 Å². The molecular formula is C20H27FN4OS. The van der Waals surface area contributed by atoms with Gasteiger partial charge in [0.15, 0.2) is 10.6 Å². The van der Waals surface area contributed by atoms with Crippen LogP contribution in [0.4, 0.5) is 4.39 Å². The van der Waals surface area contributed by atoms with Crippen LogP contribution in [0.15, 0.2) is 24.3 Å². The zero-order valence-corrected chi connectivity index (χ0v) is 16.6. The van der Waals surface area contributed by atoms with Crippen LogP contribution >= 0.6 is 12.2 Å². The van der Waals surface area contributed by atoms with E-state index in [-0.39, 0.29) is 11.9 Å². The molecule has 27 heavy (non-hydrogen) atoms. The van der Waals surface area contributed by atoms with Crippen LogP contribution in [-0.2, 0) is 18.0 Å². The van der Waals surface area contributed by atoms with Crippen LogP contribution in [0.3, 0.4) is 0 Å². The number of benzene rings is 1. The fourth-order valence-corrected chi connectivity index (χ4v) is 4.15. The monoisotopic (exact) mass is 390 g/mol. The third-order valence-electron chi connectivity index (χ3n) is 5.65. The minimum absolute atomic E-state index is 0.171. The molecular weight excluding hydrogens is 363 g/mol. The average molecular weight is 391 g/mol. The second-order valence-electron chi connectivity index (χ2n) is 7.80. The first-order valence-corrected chi connectivity index (χ1v) is 10.3. The molecule has 1 aromatic carbocycles. The van der Waals surface area contributed by atoms with E-state index in [4.69, 9.17) is 22.1 Å². The van der Waals surface area contributed by atoms with Crippen LogP contribution in [0.1, 0.15) is 32.6 Å². The zero-order chi connectivity index (χ0) is 18.8. The molecule has 2 fully saturated rings. The number of ether oxygens (including phenoxy) is 1. The van der Waals surface area contributed by atoms with Crippen molar-refractivity contribution >= 4 is 12.2 Å². The van der Waals surface area contributed by atoms with E-state index in [1.165, 1.54) is 25.0 Å². The molecule has 3 heterocycles. The molecule has 1 atom stereocenters. The summed E-state index contributed by atoms with van der Waals surface area (Å²) in [6, 6.07) is 6.48. The molecule has 7 heteroatoms. The summed E-state index contributed by atoms with van der Waals surface area (Å²) in [7, 11) is 0. The number of hydrogen-bond acceptors (Lipinski definition) is 4. The van der Waals surface area contributed by atoms with Crippen molar-refractivity contribution in [2.45, 2.75) is 51.9 Å². The summed E-state index contributed by atoms with van der Waals surface area (Å²) in [4.78, 5) is 2.41. The topological polar surface area (TPSA) is 35.2 Å². The van der Waals surface area contributed by atoms with Crippen molar-refractivity contribution < 1.29 is 9.13 Å². The molecule has 2 aliphatic heterocycles. The number of halogens is 1. The van der Waals surface area contributed by atoms with Gasteiger partial charge in [-0.1, -0.05) is 6.92 Å². The molecule has 146 valence electrons. The number of rotatable bonds is 5. The van der Waals surface area contributed by atoms with Crippen molar-refractivity contribution in [2.24, 2.45) is 5.92 Å². The standard InChI is InChI=1S/C20H27FN4OS/c1-15-8-10-23(11-9-15)14-25-20(27)24(13-18-3-2-12-26-18)19(22-25)16-4-6-17(21)7-5-16/h4-7,15,18H,2-3,8-14H2,1H3. The molecule has 0 aliphatic carbocycles. The first-order valence-electron chi connectivity index (χ1n) is 9.87. The van der Waals surface area contributed by atoms with Crippen molar-refractivity contribution in [1.82, 2.24) is 19.2 Å². The van der Waals surface area contributed by atoms with E-state index in [2.05, 4.69) is 16.4 Å². The van der Waals surface area contributed by atoms with Crippen LogP contribution in [0, 0.1) is 16.5 Å². The van der Waals surface area contributed by atoms with Gasteiger partial charge in [-0.25, -0.2) is 9.07 Å². The summed E-state index contributed by atoms with van der Waals surface area (Å²) < 4.78 is 23.9. The third-order valence-corrected chi connectivity index (χ3v) is 6.08. The van der Waals surface area contributed by atoms with E-state index in [0.29, 0.717) is 18.0 Å². The predicted octanol–water partition coefficient (Wildman–Crippen LogP) is 4.09. The summed E-state index contributed by atoms with van der Waals surface area (Å²) >= 11 is 5.77. The molecule has 1 aromatic heterocycles. The minimum Gasteiger partial charge on any atom is -0.376 e. The Morgan fingerprint density at radius 1 is 1.19 bits per heavy atom. The number of likely N-dealkylation sites (tertiary alicyclic amines) is 1. The van der Waals surface area contributed by atoms with Gasteiger partial charge < -0.3 is 4.74 Å². The molecule has 1 unspecified atom stereocenters. The van der Waals surface area contributed by atoms with Crippen molar-refractivity contribution in [2.75, 3.05) is 19.7 Å². The molecule has 2 aromatic rings. The third kappa shape index (κ3) is 4.31. The summed E-state index contributed by atoms with van der Waals surface area (Å²) in [6.07, 6.45) is 4.73. The fraction of sp³-hybridized carbons (Fsp3) is 0.600. The van der Waals surface area contributed by atoms with E-state index < -0.39 is 0 Å². The lowest BCUT2D eigenvalue weighted by atomic mass is 10.00. The molecule has 0 saturated carbocycles. The summed E-state index contributed by atoms with van der Waals surface area (Å²) in [5.74, 6) is 1.34. The Balaban J connectivity index is 1.63. The quantitative estimate of drug-likeness (QED) is 0.721. The average Bonchev–Trinajstić information content (AvgIpc) is 3.28. The highest BCUT2D eigenvalue weighted by Crippen LogP contribution is 2.23. The van der Waals surface area contributed by atoms with Gasteiger partial charge in [0.2, 0.25) is 0 Å². The maximum atomic E-state index is 13.4. The maximum absolute atomic E-state index is 13.4. The highest BCUT2D eigenvalue weighted by molar-refractivity contribution is 7.71. The van der Waals surface area contributed by atoms with Crippen molar-refractivity contribution in [1.29, 1.82) is 0 Å². The van der Waals surface area contributed by atoms with Crippen LogP contribution in [0.25, 0.3) is 11.4 Å².